The van der Waals surface area contributed by atoms with E-state index in [1.54, 1.807) is 6.07 Å². The zero-order valence-corrected chi connectivity index (χ0v) is 12.4. The van der Waals surface area contributed by atoms with Crippen LogP contribution in [0.1, 0.15) is 16.0 Å². The maximum atomic E-state index is 13.0. The van der Waals surface area contributed by atoms with E-state index in [9.17, 15) is 4.39 Å². The van der Waals surface area contributed by atoms with Crippen molar-refractivity contribution in [2.24, 2.45) is 0 Å². The van der Waals surface area contributed by atoms with Gasteiger partial charge in [-0.2, -0.15) is 0 Å². The largest absolute Gasteiger partial charge is 0.207 e. The van der Waals surface area contributed by atoms with Crippen molar-refractivity contribution in [1.82, 2.24) is 0 Å². The van der Waals surface area contributed by atoms with Gasteiger partial charge in [0.15, 0.2) is 0 Å². The van der Waals surface area contributed by atoms with Crippen LogP contribution in [-0.2, 0) is 6.42 Å². The summed E-state index contributed by atoms with van der Waals surface area (Å²) >= 11 is 15.4. The minimum Gasteiger partial charge on any atom is -0.207 e. The van der Waals surface area contributed by atoms with Gasteiger partial charge in [0.25, 0.3) is 0 Å². The summed E-state index contributed by atoms with van der Waals surface area (Å²) < 4.78 is 13.0. The number of halogens is 4. The third-order valence-electron chi connectivity index (χ3n) is 2.63. The quantitative estimate of drug-likeness (QED) is 0.614. The second-order valence-electron chi connectivity index (χ2n) is 3.96. The van der Waals surface area contributed by atoms with Crippen molar-refractivity contribution in [2.45, 2.75) is 11.2 Å². The molecule has 0 heterocycles. The van der Waals surface area contributed by atoms with Crippen molar-refractivity contribution < 1.29 is 4.39 Å². The fraction of sp³-hybridized carbons (Fsp3) is 0.143. The van der Waals surface area contributed by atoms with Gasteiger partial charge in [-0.25, -0.2) is 4.39 Å². The maximum Gasteiger partial charge on any atom is 0.124 e. The molecule has 2 aromatic carbocycles. The van der Waals surface area contributed by atoms with Crippen LogP contribution in [0, 0.1) is 5.82 Å². The Morgan fingerprint density at radius 2 is 1.72 bits per heavy atom. The molecule has 0 aromatic heterocycles. The van der Waals surface area contributed by atoms with E-state index in [0.717, 1.165) is 17.5 Å². The number of hydrogen-bond donors (Lipinski definition) is 0. The van der Waals surface area contributed by atoms with Crippen LogP contribution in [0.15, 0.2) is 42.5 Å². The van der Waals surface area contributed by atoms with Crippen LogP contribution in [0.4, 0.5) is 4.39 Å². The number of rotatable bonds is 3. The second kappa shape index (κ2) is 6.05. The smallest absolute Gasteiger partial charge is 0.124 e. The normalized spacial score (nSPS) is 12.4. The highest BCUT2D eigenvalue weighted by atomic mass is 79.9. The molecule has 18 heavy (non-hydrogen) atoms. The predicted molar refractivity (Wildman–Crippen MR) is 78.2 cm³/mol. The summed E-state index contributed by atoms with van der Waals surface area (Å²) in [6.45, 7) is 0. The summed E-state index contributed by atoms with van der Waals surface area (Å²) in [6, 6.07) is 12.1. The lowest BCUT2D eigenvalue weighted by Gasteiger charge is -2.12. The average molecular weight is 348 g/mol. The van der Waals surface area contributed by atoms with Crippen LogP contribution in [0.3, 0.4) is 0 Å². The summed E-state index contributed by atoms with van der Waals surface area (Å²) in [6.07, 6.45) is 0.766. The van der Waals surface area contributed by atoms with E-state index in [1.165, 1.54) is 12.1 Å². The van der Waals surface area contributed by atoms with Gasteiger partial charge in [-0.1, -0.05) is 57.3 Å². The molecule has 0 fully saturated rings. The lowest BCUT2D eigenvalue weighted by Crippen LogP contribution is -1.96. The van der Waals surface area contributed by atoms with E-state index < -0.39 is 0 Å². The van der Waals surface area contributed by atoms with Crippen LogP contribution < -0.4 is 0 Å². The molecule has 0 N–H and O–H groups in total. The minimum absolute atomic E-state index is 0.0479. The van der Waals surface area contributed by atoms with E-state index >= 15 is 0 Å². The molecule has 0 bridgehead atoms. The Morgan fingerprint density at radius 3 is 2.33 bits per heavy atom. The third kappa shape index (κ3) is 3.47. The molecule has 0 aliphatic rings. The molecular formula is C14H10BrCl2F. The van der Waals surface area contributed by atoms with Gasteiger partial charge in [0.2, 0.25) is 0 Å². The van der Waals surface area contributed by atoms with Crippen molar-refractivity contribution >= 4 is 39.1 Å². The number of benzene rings is 2. The van der Waals surface area contributed by atoms with Crippen molar-refractivity contribution in [2.75, 3.05) is 0 Å². The molecule has 0 nitrogen and oxygen atoms in total. The van der Waals surface area contributed by atoms with E-state index in [0.29, 0.717) is 10.0 Å². The van der Waals surface area contributed by atoms with Crippen LogP contribution in [0.2, 0.25) is 10.0 Å². The van der Waals surface area contributed by atoms with Gasteiger partial charge in [-0.15, -0.1) is 0 Å². The van der Waals surface area contributed by atoms with Crippen molar-refractivity contribution in [3.8, 4) is 0 Å². The molecule has 94 valence electrons. The lowest BCUT2D eigenvalue weighted by molar-refractivity contribution is 0.627. The zero-order chi connectivity index (χ0) is 13.1. The lowest BCUT2D eigenvalue weighted by atomic mass is 10.0. The first-order valence-electron chi connectivity index (χ1n) is 5.40. The highest BCUT2D eigenvalue weighted by Gasteiger charge is 2.12. The summed E-state index contributed by atoms with van der Waals surface area (Å²) in [4.78, 5) is 0.0479. The van der Waals surface area contributed by atoms with Gasteiger partial charge >= 0.3 is 0 Å². The molecule has 0 saturated carbocycles. The Labute approximate surface area is 124 Å². The standard InChI is InChI=1S/C14H10BrCl2F/c15-13(7-9-1-3-10(16)4-2-9)12-6-5-11(18)8-14(12)17/h1-6,8,13H,7H2. The van der Waals surface area contributed by atoms with Gasteiger partial charge in [0, 0.05) is 14.9 Å². The van der Waals surface area contributed by atoms with E-state index in [4.69, 9.17) is 23.2 Å². The number of hydrogen-bond acceptors (Lipinski definition) is 0. The molecule has 1 unspecified atom stereocenters. The molecule has 1 atom stereocenters. The fourth-order valence-electron chi connectivity index (χ4n) is 1.69. The summed E-state index contributed by atoms with van der Waals surface area (Å²) in [5.74, 6) is -0.324. The zero-order valence-electron chi connectivity index (χ0n) is 9.34. The van der Waals surface area contributed by atoms with Crippen molar-refractivity contribution in [1.29, 1.82) is 0 Å². The Bertz CT molecular complexity index is 540. The van der Waals surface area contributed by atoms with Gasteiger partial charge in [-0.05, 0) is 41.8 Å². The fourth-order valence-corrected chi connectivity index (χ4v) is 3.02. The van der Waals surface area contributed by atoms with Crippen LogP contribution >= 0.6 is 39.1 Å². The topological polar surface area (TPSA) is 0 Å². The molecule has 0 aliphatic carbocycles. The molecule has 0 saturated heterocycles. The van der Waals surface area contributed by atoms with Gasteiger partial charge in [0.05, 0.1) is 0 Å². The number of alkyl halides is 1. The highest BCUT2D eigenvalue weighted by Crippen LogP contribution is 2.32. The Hall–Kier alpha value is -0.570. The van der Waals surface area contributed by atoms with Gasteiger partial charge in [-0.3, -0.25) is 0 Å². The molecule has 0 aliphatic heterocycles. The van der Waals surface area contributed by atoms with Crippen molar-refractivity contribution in [3.05, 3.63) is 69.5 Å². The Balaban J connectivity index is 2.16. The monoisotopic (exact) mass is 346 g/mol. The third-order valence-corrected chi connectivity index (χ3v) is 4.02. The first-order chi connectivity index (χ1) is 8.56. The summed E-state index contributed by atoms with van der Waals surface area (Å²) in [5, 5.41) is 1.15. The Morgan fingerprint density at radius 1 is 1.06 bits per heavy atom. The van der Waals surface area contributed by atoms with E-state index in [2.05, 4.69) is 15.9 Å². The molecule has 4 heteroatoms. The van der Waals surface area contributed by atoms with Crippen LogP contribution in [0.25, 0.3) is 0 Å². The van der Waals surface area contributed by atoms with E-state index in [-0.39, 0.29) is 10.6 Å². The summed E-state index contributed by atoms with van der Waals surface area (Å²) in [7, 11) is 0. The summed E-state index contributed by atoms with van der Waals surface area (Å²) in [5.41, 5.74) is 2.02. The van der Waals surface area contributed by atoms with Gasteiger partial charge in [0.1, 0.15) is 5.82 Å². The molecule has 2 rings (SSSR count). The van der Waals surface area contributed by atoms with Crippen LogP contribution in [-0.4, -0.2) is 0 Å². The van der Waals surface area contributed by atoms with E-state index in [1.807, 2.05) is 24.3 Å². The first kappa shape index (κ1) is 13.9. The highest BCUT2D eigenvalue weighted by molar-refractivity contribution is 9.09. The minimum atomic E-state index is -0.324. The van der Waals surface area contributed by atoms with Gasteiger partial charge < -0.3 is 0 Å². The van der Waals surface area contributed by atoms with Crippen molar-refractivity contribution in [3.63, 3.8) is 0 Å². The molecule has 0 spiro atoms. The molecule has 0 amide bonds. The average Bonchev–Trinajstić information content (AvgIpc) is 2.32. The molecular weight excluding hydrogens is 338 g/mol. The second-order valence-corrected chi connectivity index (χ2v) is 5.91. The SMILES string of the molecule is Fc1ccc(C(Br)Cc2ccc(Cl)cc2)c(Cl)c1. The molecule has 2 aromatic rings. The Kier molecular flexibility index (Phi) is 4.66. The molecule has 0 radical (unpaired) electrons. The predicted octanol–water partition coefficient (Wildman–Crippen LogP) is 5.81. The first-order valence-corrected chi connectivity index (χ1v) is 7.07. The van der Waals surface area contributed by atoms with Crippen LogP contribution in [0.5, 0.6) is 0 Å². The maximum absolute atomic E-state index is 13.0.